The fourth-order valence-electron chi connectivity index (χ4n) is 5.09. The van der Waals surface area contributed by atoms with Crippen LogP contribution in [0.25, 0.3) is 33.1 Å². The molecule has 2 aliphatic rings. The molecule has 5 aromatic rings. The summed E-state index contributed by atoms with van der Waals surface area (Å²) in [5, 5.41) is 10.2. The number of fused-ring (bicyclic) bond motifs is 2. The standard InChI is InChI=1S/C26H21F3N8O2/c27-26(28,29)25(7-8-25)18-10-19(39-36-18)35-24(38)34-17-6-5-14(15-2-1-9-31-21(15)17)16-11-37(13-3-4-13)23-20(16)22(30)32-12-33-23/h1-2,5-6,9-13H,3-4,7-8H2,(H2,30,32,33)(H2,34,35,38). The lowest BCUT2D eigenvalue weighted by Crippen LogP contribution is -2.28. The molecular formula is C26H21F3N8O2. The maximum atomic E-state index is 13.4. The first-order chi connectivity index (χ1) is 18.7. The van der Waals surface area contributed by atoms with E-state index in [1.54, 1.807) is 18.3 Å². The highest BCUT2D eigenvalue weighted by molar-refractivity contribution is 6.12. The number of carbonyl (C=O) groups is 1. The van der Waals surface area contributed by atoms with Crippen molar-refractivity contribution in [3.63, 3.8) is 0 Å². The zero-order valence-electron chi connectivity index (χ0n) is 20.3. The Hall–Kier alpha value is -4.68. The second-order valence-electron chi connectivity index (χ2n) is 9.93. The number of rotatable bonds is 5. The summed E-state index contributed by atoms with van der Waals surface area (Å²) in [4.78, 5) is 25.9. The van der Waals surface area contributed by atoms with Gasteiger partial charge in [0, 0.05) is 35.5 Å². The van der Waals surface area contributed by atoms with Crippen LogP contribution in [0, 0.1) is 0 Å². The topological polar surface area (TPSA) is 137 Å². The average Bonchev–Trinajstić information content (AvgIpc) is 3.83. The van der Waals surface area contributed by atoms with Crippen molar-refractivity contribution in [3.8, 4) is 11.1 Å². The fourth-order valence-corrected chi connectivity index (χ4v) is 5.09. The largest absolute Gasteiger partial charge is 0.400 e. The van der Waals surface area contributed by atoms with Crippen molar-refractivity contribution in [3.05, 3.63) is 54.7 Å². The lowest BCUT2D eigenvalue weighted by molar-refractivity contribution is -0.161. The molecular weight excluding hydrogens is 513 g/mol. The van der Waals surface area contributed by atoms with Crippen molar-refractivity contribution in [2.75, 3.05) is 16.4 Å². The summed E-state index contributed by atoms with van der Waals surface area (Å²) >= 11 is 0. The van der Waals surface area contributed by atoms with Gasteiger partial charge in [0.25, 0.3) is 0 Å². The SMILES string of the molecule is Nc1ncnc2c1c(-c1ccc(NC(=O)Nc3cc(C4(C(F)(F)F)CC4)no3)c3ncccc13)cn2C1CC1. The van der Waals surface area contributed by atoms with Gasteiger partial charge in [0.2, 0.25) is 5.88 Å². The van der Waals surface area contributed by atoms with Gasteiger partial charge >= 0.3 is 12.2 Å². The molecule has 0 saturated heterocycles. The second kappa shape index (κ2) is 8.16. The van der Waals surface area contributed by atoms with Crippen LogP contribution in [0.15, 0.2) is 53.6 Å². The van der Waals surface area contributed by atoms with Gasteiger partial charge in [-0.05, 0) is 43.4 Å². The summed E-state index contributed by atoms with van der Waals surface area (Å²) < 4.78 is 47.3. The monoisotopic (exact) mass is 534 g/mol. The molecule has 0 unspecified atom stereocenters. The van der Waals surface area contributed by atoms with E-state index in [4.69, 9.17) is 10.3 Å². The van der Waals surface area contributed by atoms with E-state index in [0.717, 1.165) is 46.5 Å². The molecule has 2 aliphatic carbocycles. The van der Waals surface area contributed by atoms with Crippen LogP contribution >= 0.6 is 0 Å². The molecule has 0 aliphatic heterocycles. The van der Waals surface area contributed by atoms with Crippen molar-refractivity contribution >= 4 is 45.4 Å². The van der Waals surface area contributed by atoms with E-state index in [0.29, 0.717) is 23.1 Å². The van der Waals surface area contributed by atoms with Crippen LogP contribution in [-0.4, -0.2) is 36.9 Å². The third-order valence-corrected chi connectivity index (χ3v) is 7.42. The molecule has 0 bridgehead atoms. The lowest BCUT2D eigenvalue weighted by Gasteiger charge is -2.15. The number of aromatic nitrogens is 5. The van der Waals surface area contributed by atoms with Gasteiger partial charge in [0.05, 0.1) is 16.6 Å². The normalized spacial score (nSPS) is 16.5. The Kier molecular flexibility index (Phi) is 4.90. The molecule has 39 heavy (non-hydrogen) atoms. The Morgan fingerprint density at radius 2 is 1.92 bits per heavy atom. The molecule has 198 valence electrons. The highest BCUT2D eigenvalue weighted by atomic mass is 19.4. The first kappa shape index (κ1) is 23.4. The summed E-state index contributed by atoms with van der Waals surface area (Å²) in [5.41, 5.74) is 7.42. The van der Waals surface area contributed by atoms with Crippen LogP contribution in [0.3, 0.4) is 0 Å². The number of pyridine rings is 1. The van der Waals surface area contributed by atoms with E-state index >= 15 is 0 Å². The Labute approximate surface area is 218 Å². The van der Waals surface area contributed by atoms with Gasteiger partial charge in [-0.25, -0.2) is 14.8 Å². The maximum absolute atomic E-state index is 13.4. The van der Waals surface area contributed by atoms with E-state index in [1.165, 1.54) is 6.33 Å². The third-order valence-electron chi connectivity index (χ3n) is 7.42. The molecule has 0 atom stereocenters. The molecule has 0 radical (unpaired) electrons. The molecule has 13 heteroatoms. The summed E-state index contributed by atoms with van der Waals surface area (Å²) in [6.45, 7) is 0. The van der Waals surface area contributed by atoms with Crippen LogP contribution in [-0.2, 0) is 5.41 Å². The Morgan fingerprint density at radius 1 is 1.10 bits per heavy atom. The number of nitrogen functional groups attached to an aromatic ring is 1. The molecule has 2 saturated carbocycles. The minimum absolute atomic E-state index is 0.0597. The number of amides is 2. The first-order valence-electron chi connectivity index (χ1n) is 12.4. The summed E-state index contributed by atoms with van der Waals surface area (Å²) in [6.07, 6.45) is 2.67. The van der Waals surface area contributed by atoms with Crippen LogP contribution in [0.4, 0.5) is 35.4 Å². The fraction of sp³-hybridized carbons (Fsp3) is 0.269. The van der Waals surface area contributed by atoms with Gasteiger partial charge in [0.15, 0.2) is 0 Å². The summed E-state index contributed by atoms with van der Waals surface area (Å²) in [7, 11) is 0. The van der Waals surface area contributed by atoms with E-state index in [1.807, 2.05) is 18.3 Å². The van der Waals surface area contributed by atoms with Crippen LogP contribution in [0.1, 0.15) is 37.4 Å². The van der Waals surface area contributed by atoms with Gasteiger partial charge in [-0.15, -0.1) is 0 Å². The van der Waals surface area contributed by atoms with Crippen LogP contribution in [0.2, 0.25) is 0 Å². The van der Waals surface area contributed by atoms with Gasteiger partial charge in [0.1, 0.15) is 28.9 Å². The molecule has 10 nitrogen and oxygen atoms in total. The van der Waals surface area contributed by atoms with E-state index < -0.39 is 17.6 Å². The number of hydrogen-bond acceptors (Lipinski definition) is 7. The predicted octanol–water partition coefficient (Wildman–Crippen LogP) is 5.79. The Balaban J connectivity index is 1.20. The molecule has 2 amide bonds. The Bertz CT molecular complexity index is 1770. The smallest absolute Gasteiger partial charge is 0.383 e. The molecule has 4 N–H and O–H groups in total. The number of urea groups is 1. The highest BCUT2D eigenvalue weighted by Gasteiger charge is 2.66. The lowest BCUT2D eigenvalue weighted by atomic mass is 10.00. The second-order valence-corrected chi connectivity index (χ2v) is 9.93. The van der Waals surface area contributed by atoms with E-state index in [9.17, 15) is 18.0 Å². The number of halogens is 3. The minimum Gasteiger partial charge on any atom is -0.383 e. The Morgan fingerprint density at radius 3 is 2.67 bits per heavy atom. The molecule has 4 aromatic heterocycles. The van der Waals surface area contributed by atoms with Crippen molar-refractivity contribution in [2.45, 2.75) is 43.3 Å². The number of benzene rings is 1. The first-order valence-corrected chi connectivity index (χ1v) is 12.4. The molecule has 4 heterocycles. The highest BCUT2D eigenvalue weighted by Crippen LogP contribution is 2.58. The predicted molar refractivity (Wildman–Crippen MR) is 137 cm³/mol. The zero-order valence-corrected chi connectivity index (χ0v) is 20.3. The van der Waals surface area contributed by atoms with Gasteiger partial charge in [-0.3, -0.25) is 10.3 Å². The quantitative estimate of drug-likeness (QED) is 0.260. The number of alkyl halides is 3. The molecule has 0 spiro atoms. The summed E-state index contributed by atoms with van der Waals surface area (Å²) in [6, 6.07) is 8.01. The van der Waals surface area contributed by atoms with Crippen molar-refractivity contribution < 1.29 is 22.5 Å². The minimum atomic E-state index is -4.43. The van der Waals surface area contributed by atoms with Gasteiger partial charge < -0.3 is 20.1 Å². The number of nitrogens with zero attached hydrogens (tertiary/aromatic N) is 5. The van der Waals surface area contributed by atoms with E-state index in [-0.39, 0.29) is 24.4 Å². The summed E-state index contributed by atoms with van der Waals surface area (Å²) in [5.74, 6) is 0.188. The van der Waals surface area contributed by atoms with E-state index in [2.05, 4.69) is 35.3 Å². The number of anilines is 3. The number of nitrogens with two attached hydrogens (primary N) is 1. The van der Waals surface area contributed by atoms with Crippen LogP contribution in [0.5, 0.6) is 0 Å². The van der Waals surface area contributed by atoms with Crippen LogP contribution < -0.4 is 16.4 Å². The number of carbonyl (C=O) groups excluding carboxylic acids is 1. The van der Waals surface area contributed by atoms with Gasteiger partial charge in [-0.1, -0.05) is 17.3 Å². The van der Waals surface area contributed by atoms with Gasteiger partial charge in [-0.2, -0.15) is 13.2 Å². The number of hydrogen-bond donors (Lipinski definition) is 3. The molecule has 2 fully saturated rings. The maximum Gasteiger partial charge on any atom is 0.400 e. The van der Waals surface area contributed by atoms with Crippen molar-refractivity contribution in [2.24, 2.45) is 0 Å². The zero-order chi connectivity index (χ0) is 26.9. The van der Waals surface area contributed by atoms with Crippen molar-refractivity contribution in [1.29, 1.82) is 0 Å². The van der Waals surface area contributed by atoms with Crippen molar-refractivity contribution in [1.82, 2.24) is 24.7 Å². The number of nitrogens with one attached hydrogen (secondary N) is 2. The average molecular weight is 535 g/mol. The molecule has 7 rings (SSSR count). The molecule has 1 aromatic carbocycles. The third kappa shape index (κ3) is 3.75.